The van der Waals surface area contributed by atoms with Gasteiger partial charge in [0.2, 0.25) is 10.0 Å². The number of benzene rings is 2. The van der Waals surface area contributed by atoms with Gasteiger partial charge in [-0.2, -0.15) is 4.31 Å². The van der Waals surface area contributed by atoms with Crippen molar-refractivity contribution in [1.82, 2.24) is 4.31 Å². The van der Waals surface area contributed by atoms with Gasteiger partial charge >= 0.3 is 5.97 Å². The molecule has 2 aliphatic rings. The monoisotopic (exact) mass is 481 g/mol. The number of sulfonamides is 1. The summed E-state index contributed by atoms with van der Waals surface area (Å²) in [7, 11) is -3.67. The predicted octanol–water partition coefficient (Wildman–Crippen LogP) is 5.33. The van der Waals surface area contributed by atoms with Crippen LogP contribution in [-0.4, -0.2) is 30.5 Å². The fourth-order valence-electron chi connectivity index (χ4n) is 6.06. The number of esters is 1. The van der Waals surface area contributed by atoms with E-state index in [0.717, 1.165) is 30.4 Å². The molecule has 0 aromatic heterocycles. The smallest absolute Gasteiger partial charge is 0.330 e. The van der Waals surface area contributed by atoms with Gasteiger partial charge in [0.1, 0.15) is 6.10 Å². The molecule has 0 saturated heterocycles. The Morgan fingerprint density at radius 2 is 1.59 bits per heavy atom. The predicted molar refractivity (Wildman–Crippen MR) is 134 cm³/mol. The summed E-state index contributed by atoms with van der Waals surface area (Å²) in [5, 5.41) is 0. The second-order valence-electron chi connectivity index (χ2n) is 10.3. The summed E-state index contributed by atoms with van der Waals surface area (Å²) in [6.07, 6.45) is 5.13. The Balaban J connectivity index is 1.66. The molecule has 34 heavy (non-hydrogen) atoms. The van der Waals surface area contributed by atoms with Gasteiger partial charge in [0, 0.05) is 24.6 Å². The standard InChI is InChI=1S/C28H35NO4S/c1-4-11-26(30)33-25-18-24-16-17-28(25,27(24,2)3)21-34(31,32)29(19-22-12-7-5-8-13-22)20-23-14-9-6-10-15-23/h4-15,24-25H,16-21H2,1-3H3/b11-4+/t24-,25-,28-/m1/s1. The Kier molecular flexibility index (Phi) is 7.02. The molecular weight excluding hydrogens is 446 g/mol. The zero-order valence-corrected chi connectivity index (χ0v) is 21.1. The number of fused-ring (bicyclic) bond motifs is 2. The van der Waals surface area contributed by atoms with Crippen LogP contribution >= 0.6 is 0 Å². The van der Waals surface area contributed by atoms with Crippen LogP contribution in [0.5, 0.6) is 0 Å². The summed E-state index contributed by atoms with van der Waals surface area (Å²) in [5.74, 6) is -0.0578. The molecule has 2 fully saturated rings. The highest BCUT2D eigenvalue weighted by Crippen LogP contribution is 2.67. The normalized spacial score (nSPS) is 25.8. The number of ether oxygens (including phenoxy) is 1. The van der Waals surface area contributed by atoms with Gasteiger partial charge in [0.05, 0.1) is 5.75 Å². The van der Waals surface area contributed by atoms with Crippen molar-refractivity contribution < 1.29 is 17.9 Å². The van der Waals surface area contributed by atoms with E-state index >= 15 is 0 Å². The van der Waals surface area contributed by atoms with Crippen molar-refractivity contribution in [1.29, 1.82) is 0 Å². The number of hydrogen-bond donors (Lipinski definition) is 0. The number of hydrogen-bond acceptors (Lipinski definition) is 4. The van der Waals surface area contributed by atoms with Crippen LogP contribution in [0.4, 0.5) is 0 Å². The van der Waals surface area contributed by atoms with Gasteiger partial charge in [0.25, 0.3) is 0 Å². The summed E-state index contributed by atoms with van der Waals surface area (Å²) in [6.45, 7) is 6.70. The molecule has 5 nitrogen and oxygen atoms in total. The number of rotatable bonds is 9. The third kappa shape index (κ3) is 4.71. The van der Waals surface area contributed by atoms with Gasteiger partial charge in [-0.3, -0.25) is 0 Å². The first-order chi connectivity index (χ1) is 16.2. The van der Waals surface area contributed by atoms with Gasteiger partial charge in [-0.1, -0.05) is 80.6 Å². The van der Waals surface area contributed by atoms with Crippen LogP contribution in [0.3, 0.4) is 0 Å². The topological polar surface area (TPSA) is 63.7 Å². The molecule has 182 valence electrons. The third-order valence-electron chi connectivity index (χ3n) is 8.16. The van der Waals surface area contributed by atoms with Gasteiger partial charge in [-0.25, -0.2) is 13.2 Å². The van der Waals surface area contributed by atoms with E-state index in [4.69, 9.17) is 4.74 Å². The highest BCUT2D eigenvalue weighted by Gasteiger charge is 2.67. The van der Waals surface area contributed by atoms with Crippen LogP contribution in [0.15, 0.2) is 72.8 Å². The van der Waals surface area contributed by atoms with Crippen molar-refractivity contribution in [3.8, 4) is 0 Å². The second-order valence-corrected chi connectivity index (χ2v) is 12.2. The molecule has 0 amide bonds. The van der Waals surface area contributed by atoms with Crippen molar-refractivity contribution in [3.63, 3.8) is 0 Å². The first-order valence-corrected chi connectivity index (χ1v) is 13.7. The summed E-state index contributed by atoms with van der Waals surface area (Å²) >= 11 is 0. The molecule has 2 aromatic rings. The minimum atomic E-state index is -3.67. The van der Waals surface area contributed by atoms with E-state index in [1.807, 2.05) is 60.7 Å². The molecule has 0 N–H and O–H groups in total. The van der Waals surface area contributed by atoms with Crippen LogP contribution in [0.1, 0.15) is 51.2 Å². The molecule has 0 unspecified atom stereocenters. The van der Waals surface area contributed by atoms with E-state index in [1.54, 1.807) is 17.3 Å². The third-order valence-corrected chi connectivity index (χ3v) is 10.1. The lowest BCUT2D eigenvalue weighted by Gasteiger charge is -2.42. The van der Waals surface area contributed by atoms with Gasteiger partial charge < -0.3 is 4.74 Å². The fourth-order valence-corrected chi connectivity index (χ4v) is 8.29. The van der Waals surface area contributed by atoms with Gasteiger partial charge in [0.15, 0.2) is 0 Å². The molecule has 3 atom stereocenters. The minimum Gasteiger partial charge on any atom is -0.459 e. The van der Waals surface area contributed by atoms with Crippen LogP contribution in [0, 0.1) is 16.7 Å². The summed E-state index contributed by atoms with van der Waals surface area (Å²) < 4.78 is 35.7. The minimum absolute atomic E-state index is 0.0169. The number of carbonyl (C=O) groups is 1. The van der Waals surface area contributed by atoms with Crippen molar-refractivity contribution >= 4 is 16.0 Å². The average molecular weight is 482 g/mol. The molecule has 0 radical (unpaired) electrons. The Morgan fingerprint density at radius 1 is 1.03 bits per heavy atom. The second kappa shape index (κ2) is 9.67. The average Bonchev–Trinajstić information content (AvgIpc) is 3.15. The van der Waals surface area contributed by atoms with Gasteiger partial charge in [-0.05, 0) is 48.6 Å². The van der Waals surface area contributed by atoms with E-state index in [2.05, 4.69) is 13.8 Å². The lowest BCUT2D eigenvalue weighted by atomic mass is 9.69. The summed E-state index contributed by atoms with van der Waals surface area (Å²) in [6, 6.07) is 19.4. The first-order valence-electron chi connectivity index (χ1n) is 12.1. The zero-order chi connectivity index (χ0) is 24.4. The largest absolute Gasteiger partial charge is 0.459 e. The molecule has 6 heteroatoms. The maximum atomic E-state index is 14.1. The van der Waals surface area contributed by atoms with Crippen molar-refractivity contribution in [2.24, 2.45) is 16.7 Å². The van der Waals surface area contributed by atoms with Crippen molar-refractivity contribution in [2.75, 3.05) is 5.75 Å². The molecule has 2 bridgehead atoms. The molecule has 0 spiro atoms. The van der Waals surface area contributed by atoms with Gasteiger partial charge in [-0.15, -0.1) is 0 Å². The number of carbonyl (C=O) groups excluding carboxylic acids is 1. The SMILES string of the molecule is C/C=C/C(=O)O[C@@H]1C[C@H]2CC[C@]1(CS(=O)(=O)N(Cc1ccccc1)Cc1ccccc1)C2(C)C. The molecule has 2 saturated carbocycles. The Morgan fingerprint density at radius 3 is 2.09 bits per heavy atom. The Labute approximate surface area is 203 Å². The molecule has 0 heterocycles. The lowest BCUT2D eigenvalue weighted by molar-refractivity contribution is -0.150. The highest BCUT2D eigenvalue weighted by atomic mass is 32.2. The van der Waals surface area contributed by atoms with Crippen LogP contribution in [-0.2, 0) is 32.6 Å². The lowest BCUT2D eigenvalue weighted by Crippen LogP contribution is -2.49. The van der Waals surface area contributed by atoms with E-state index in [0.29, 0.717) is 19.0 Å². The highest BCUT2D eigenvalue weighted by molar-refractivity contribution is 7.89. The quantitative estimate of drug-likeness (QED) is 0.359. The van der Waals surface area contributed by atoms with E-state index in [9.17, 15) is 13.2 Å². The molecule has 0 aliphatic heterocycles. The summed E-state index contributed by atoms with van der Waals surface area (Å²) in [4.78, 5) is 12.3. The van der Waals surface area contributed by atoms with E-state index in [1.165, 1.54) is 6.08 Å². The van der Waals surface area contributed by atoms with Crippen molar-refractivity contribution in [3.05, 3.63) is 83.9 Å². The number of nitrogens with zero attached hydrogens (tertiary/aromatic N) is 1. The van der Waals surface area contributed by atoms with E-state index in [-0.39, 0.29) is 11.2 Å². The van der Waals surface area contributed by atoms with Crippen LogP contribution in [0.25, 0.3) is 0 Å². The summed E-state index contributed by atoms with van der Waals surface area (Å²) in [5.41, 5.74) is 1.07. The maximum absolute atomic E-state index is 14.1. The Bertz CT molecular complexity index is 1090. The molecule has 4 rings (SSSR count). The maximum Gasteiger partial charge on any atom is 0.330 e. The Hall–Kier alpha value is -2.44. The van der Waals surface area contributed by atoms with E-state index < -0.39 is 27.5 Å². The van der Waals surface area contributed by atoms with Crippen molar-refractivity contribution in [2.45, 2.75) is 59.2 Å². The number of allylic oxidation sites excluding steroid dienone is 1. The van der Waals surface area contributed by atoms with Crippen LogP contribution in [0.2, 0.25) is 0 Å². The fraction of sp³-hybridized carbons (Fsp3) is 0.464. The molecule has 2 aromatic carbocycles. The molecular formula is C28H35NO4S. The first kappa shape index (κ1) is 24.7. The molecule has 2 aliphatic carbocycles. The van der Waals surface area contributed by atoms with Crippen LogP contribution < -0.4 is 0 Å². The zero-order valence-electron chi connectivity index (χ0n) is 20.3.